The van der Waals surface area contributed by atoms with Crippen molar-refractivity contribution in [3.8, 4) is 53.3 Å². The van der Waals surface area contributed by atoms with E-state index in [-0.39, 0.29) is 32.0 Å². The van der Waals surface area contributed by atoms with E-state index in [0.717, 1.165) is 22.0 Å². The number of ether oxygens (including phenoxy) is 5. The second-order valence-electron chi connectivity index (χ2n) is 10.0. The third-order valence-corrected chi connectivity index (χ3v) is 7.59. The Balaban J connectivity index is 1.54. The van der Waals surface area contributed by atoms with E-state index < -0.39 is 6.10 Å². The topological polar surface area (TPSA) is 98.1 Å². The number of pyridine rings is 2. The first-order valence-corrected chi connectivity index (χ1v) is 14.1. The number of aromatic nitrogens is 2. The second kappa shape index (κ2) is 13.5. The Morgan fingerprint density at radius 2 is 1.70 bits per heavy atom. The number of terminal acetylenes is 2. The number of benzene rings is 2. The average molecular weight is 593 g/mol. The zero-order chi connectivity index (χ0) is 31.2. The number of methoxy groups -OCH3 is 2. The molecule has 9 nitrogen and oxygen atoms in total. The molecule has 224 valence electrons. The molecule has 0 saturated heterocycles. The van der Waals surface area contributed by atoms with Gasteiger partial charge in [0.2, 0.25) is 0 Å². The van der Waals surface area contributed by atoms with Gasteiger partial charge < -0.3 is 33.0 Å². The third kappa shape index (κ3) is 5.63. The molecular weight excluding hydrogens is 560 g/mol. The number of hydrogen-bond donors (Lipinski definition) is 0. The predicted octanol–water partition coefficient (Wildman–Crippen LogP) is 4.62. The standard InChI is InChI=1S/C35H32N2O7/c1-6-14-42-31-10-9-11-32(43-15-7-2)28(31)21-44-22-12-13-29-24(16-22)23(8-3)26-18-37-30(34(26)36-29)17-25(33(19-38)41-5)27(20-40-4)35(37)39/h1-2,9-13,16-17,19,33H,8,14-15,18,20-21H2,3-5H3. The highest BCUT2D eigenvalue weighted by atomic mass is 16.5. The first kappa shape index (κ1) is 30.4. The van der Waals surface area contributed by atoms with Crippen LogP contribution in [0, 0.1) is 24.7 Å². The minimum Gasteiger partial charge on any atom is -0.489 e. The fraction of sp³-hybridized carbons (Fsp3) is 0.286. The van der Waals surface area contributed by atoms with Gasteiger partial charge in [0.15, 0.2) is 6.29 Å². The Morgan fingerprint density at radius 1 is 0.977 bits per heavy atom. The van der Waals surface area contributed by atoms with Crippen LogP contribution in [0.15, 0.2) is 47.3 Å². The van der Waals surface area contributed by atoms with Crippen LogP contribution < -0.4 is 19.8 Å². The van der Waals surface area contributed by atoms with Gasteiger partial charge in [-0.15, -0.1) is 12.8 Å². The molecule has 9 heteroatoms. The molecule has 1 aliphatic heterocycles. The Morgan fingerprint density at radius 3 is 2.32 bits per heavy atom. The fourth-order valence-corrected chi connectivity index (χ4v) is 5.59. The number of aldehydes is 1. The normalized spacial score (nSPS) is 12.1. The molecule has 0 bridgehead atoms. The summed E-state index contributed by atoms with van der Waals surface area (Å²) in [5, 5.41) is 0.922. The van der Waals surface area contributed by atoms with Crippen molar-refractivity contribution in [2.45, 2.75) is 39.2 Å². The largest absolute Gasteiger partial charge is 0.489 e. The number of hydrogen-bond acceptors (Lipinski definition) is 8. The van der Waals surface area contributed by atoms with Crippen molar-refractivity contribution in [1.29, 1.82) is 0 Å². The summed E-state index contributed by atoms with van der Waals surface area (Å²) in [5.74, 6) is 6.67. The molecule has 0 N–H and O–H groups in total. The van der Waals surface area contributed by atoms with Crippen molar-refractivity contribution in [2.24, 2.45) is 0 Å². The van der Waals surface area contributed by atoms with E-state index in [1.807, 2.05) is 24.3 Å². The SMILES string of the molecule is C#CCOc1cccc(OCC#C)c1COc1ccc2nc3c(c(CC)c2c1)Cn1c-3cc(C(C=O)OC)c(COC)c1=O. The minimum atomic E-state index is -0.895. The Kier molecular flexibility index (Phi) is 9.30. The van der Waals surface area contributed by atoms with E-state index in [0.29, 0.717) is 64.6 Å². The summed E-state index contributed by atoms with van der Waals surface area (Å²) in [6.07, 6.45) is 11.3. The maximum Gasteiger partial charge on any atom is 0.257 e. The van der Waals surface area contributed by atoms with Gasteiger partial charge in [-0.05, 0) is 48.4 Å². The minimum absolute atomic E-state index is 0.0572. The Hall–Kier alpha value is -5.09. The summed E-state index contributed by atoms with van der Waals surface area (Å²) in [6.45, 7) is 2.82. The number of carbonyl (C=O) groups excluding carboxylic acids is 1. The zero-order valence-electron chi connectivity index (χ0n) is 24.8. The highest BCUT2D eigenvalue weighted by molar-refractivity contribution is 5.89. The van der Waals surface area contributed by atoms with Crippen LogP contribution in [-0.2, 0) is 40.4 Å². The summed E-state index contributed by atoms with van der Waals surface area (Å²) >= 11 is 0. The van der Waals surface area contributed by atoms with Gasteiger partial charge >= 0.3 is 0 Å². The summed E-state index contributed by atoms with van der Waals surface area (Å²) < 4.78 is 30.1. The van der Waals surface area contributed by atoms with Crippen LogP contribution in [0.25, 0.3) is 22.3 Å². The zero-order valence-corrected chi connectivity index (χ0v) is 24.8. The van der Waals surface area contributed by atoms with Crippen LogP contribution in [0.2, 0.25) is 0 Å². The molecule has 1 unspecified atom stereocenters. The van der Waals surface area contributed by atoms with Crippen molar-refractivity contribution in [1.82, 2.24) is 9.55 Å². The lowest BCUT2D eigenvalue weighted by molar-refractivity contribution is -0.116. The second-order valence-corrected chi connectivity index (χ2v) is 10.0. The van der Waals surface area contributed by atoms with Gasteiger partial charge in [-0.25, -0.2) is 4.98 Å². The van der Waals surface area contributed by atoms with Gasteiger partial charge in [-0.2, -0.15) is 0 Å². The molecule has 2 aromatic heterocycles. The lowest BCUT2D eigenvalue weighted by Gasteiger charge is -2.16. The smallest absolute Gasteiger partial charge is 0.257 e. The van der Waals surface area contributed by atoms with Crippen LogP contribution in [-0.4, -0.2) is 43.3 Å². The number of nitrogens with zero attached hydrogens (tertiary/aromatic N) is 2. The first-order chi connectivity index (χ1) is 21.5. The first-order valence-electron chi connectivity index (χ1n) is 14.1. The van der Waals surface area contributed by atoms with Crippen molar-refractivity contribution >= 4 is 17.2 Å². The average Bonchev–Trinajstić information content (AvgIpc) is 3.41. The van der Waals surface area contributed by atoms with Gasteiger partial charge in [-0.1, -0.05) is 24.8 Å². The van der Waals surface area contributed by atoms with Crippen LogP contribution >= 0.6 is 0 Å². The van der Waals surface area contributed by atoms with E-state index in [9.17, 15) is 9.59 Å². The summed E-state index contributed by atoms with van der Waals surface area (Å²) in [7, 11) is 2.94. The van der Waals surface area contributed by atoms with Crippen LogP contribution in [0.1, 0.15) is 40.8 Å². The monoisotopic (exact) mass is 592 g/mol. The van der Waals surface area contributed by atoms with E-state index in [1.165, 1.54) is 14.2 Å². The summed E-state index contributed by atoms with van der Waals surface area (Å²) in [4.78, 5) is 30.4. The molecule has 44 heavy (non-hydrogen) atoms. The highest BCUT2D eigenvalue weighted by Crippen LogP contribution is 2.38. The van der Waals surface area contributed by atoms with Gasteiger partial charge in [-0.3, -0.25) is 4.79 Å². The molecule has 1 aliphatic rings. The molecule has 2 aromatic carbocycles. The molecule has 0 saturated carbocycles. The number of carbonyl (C=O) groups is 1. The van der Waals surface area contributed by atoms with E-state index in [4.69, 9.17) is 41.5 Å². The van der Waals surface area contributed by atoms with Crippen molar-refractivity contribution in [3.05, 3.63) is 80.6 Å². The van der Waals surface area contributed by atoms with Crippen LogP contribution in [0.5, 0.6) is 17.2 Å². The molecule has 0 fully saturated rings. The lowest BCUT2D eigenvalue weighted by atomic mass is 9.98. The molecule has 5 rings (SSSR count). The number of rotatable bonds is 13. The maximum atomic E-state index is 13.7. The van der Waals surface area contributed by atoms with Crippen LogP contribution in [0.4, 0.5) is 0 Å². The van der Waals surface area contributed by atoms with E-state index in [2.05, 4.69) is 18.8 Å². The number of fused-ring (bicyclic) bond motifs is 4. The molecule has 0 radical (unpaired) electrons. The van der Waals surface area contributed by atoms with Gasteiger partial charge in [0.05, 0.1) is 35.6 Å². The molecule has 0 spiro atoms. The third-order valence-electron chi connectivity index (χ3n) is 7.59. The summed E-state index contributed by atoms with van der Waals surface area (Å²) in [5.41, 5.74) is 5.44. The van der Waals surface area contributed by atoms with Crippen molar-refractivity contribution < 1.29 is 28.5 Å². The molecule has 3 heterocycles. The fourth-order valence-electron chi connectivity index (χ4n) is 5.59. The molecular formula is C35H32N2O7. The van der Waals surface area contributed by atoms with Gasteiger partial charge in [0.25, 0.3) is 5.56 Å². The maximum absolute atomic E-state index is 13.7. The predicted molar refractivity (Wildman–Crippen MR) is 166 cm³/mol. The molecule has 1 atom stereocenters. The molecule has 4 aromatic rings. The Labute approximate surface area is 255 Å². The number of aryl methyl sites for hydroxylation is 1. The van der Waals surface area contributed by atoms with Crippen molar-refractivity contribution in [2.75, 3.05) is 27.4 Å². The molecule has 0 amide bonds. The van der Waals surface area contributed by atoms with Gasteiger partial charge in [0, 0.05) is 36.3 Å². The van der Waals surface area contributed by atoms with Gasteiger partial charge in [0.1, 0.15) is 43.2 Å². The lowest BCUT2D eigenvalue weighted by Crippen LogP contribution is -2.27. The molecule has 0 aliphatic carbocycles. The quantitative estimate of drug-likeness (QED) is 0.144. The Bertz CT molecular complexity index is 1830. The van der Waals surface area contributed by atoms with Crippen molar-refractivity contribution in [3.63, 3.8) is 0 Å². The van der Waals surface area contributed by atoms with Crippen LogP contribution in [0.3, 0.4) is 0 Å². The highest BCUT2D eigenvalue weighted by Gasteiger charge is 2.29. The van der Waals surface area contributed by atoms with E-state index >= 15 is 0 Å². The van der Waals surface area contributed by atoms with E-state index in [1.54, 1.807) is 22.8 Å². The summed E-state index contributed by atoms with van der Waals surface area (Å²) in [6, 6.07) is 12.9.